The smallest absolute Gasteiger partial charge is 0.0630 e. The van der Waals surface area contributed by atoms with Gasteiger partial charge in [-0.25, -0.2) is 0 Å². The zero-order valence-electron chi connectivity index (χ0n) is 13.3. The van der Waals surface area contributed by atoms with E-state index in [9.17, 15) is 0 Å². The van der Waals surface area contributed by atoms with Gasteiger partial charge in [0.2, 0.25) is 0 Å². The Morgan fingerprint density at radius 2 is 1.47 bits per heavy atom. The minimum Gasteiger partial charge on any atom is -0.383 e. The fourth-order valence-corrected chi connectivity index (χ4v) is 1.92. The van der Waals surface area contributed by atoms with Crippen molar-refractivity contribution in [2.24, 2.45) is 5.92 Å². The number of hydrogen-bond donors (Lipinski definition) is 1. The molecule has 5 nitrogen and oxygen atoms in total. The van der Waals surface area contributed by atoms with Crippen LogP contribution < -0.4 is 5.32 Å². The highest BCUT2D eigenvalue weighted by Crippen LogP contribution is 2.01. The maximum Gasteiger partial charge on any atom is 0.0630 e. The first kappa shape index (κ1) is 18.8. The van der Waals surface area contributed by atoms with Crippen LogP contribution in [0, 0.1) is 5.92 Å². The average Bonchev–Trinajstić information content (AvgIpc) is 2.38. The van der Waals surface area contributed by atoms with Crippen molar-refractivity contribution in [3.8, 4) is 0 Å². The molecule has 1 atom stereocenters. The van der Waals surface area contributed by atoms with Crippen LogP contribution in [0.3, 0.4) is 0 Å². The quantitative estimate of drug-likeness (QED) is 0.540. The molecule has 0 fully saturated rings. The number of ether oxygens (including phenoxy) is 3. The topological polar surface area (TPSA) is 43.0 Å². The van der Waals surface area contributed by atoms with Crippen LogP contribution in [0.1, 0.15) is 13.8 Å². The van der Waals surface area contributed by atoms with Crippen molar-refractivity contribution in [3.05, 3.63) is 0 Å². The molecular weight excluding hydrogens is 244 g/mol. The number of nitrogens with zero attached hydrogens (tertiary/aromatic N) is 1. The van der Waals surface area contributed by atoms with Gasteiger partial charge < -0.3 is 19.5 Å². The first-order chi connectivity index (χ1) is 9.15. The molecule has 0 aromatic carbocycles. The number of methoxy groups -OCH3 is 3. The summed E-state index contributed by atoms with van der Waals surface area (Å²) in [5.74, 6) is 0.662. The minimum absolute atomic E-state index is 0.356. The molecule has 0 spiro atoms. The van der Waals surface area contributed by atoms with Crippen molar-refractivity contribution in [3.63, 3.8) is 0 Å². The molecule has 0 rings (SSSR count). The van der Waals surface area contributed by atoms with Gasteiger partial charge in [0.25, 0.3) is 0 Å². The highest BCUT2D eigenvalue weighted by atomic mass is 16.5. The maximum atomic E-state index is 5.34. The molecule has 0 saturated carbocycles. The van der Waals surface area contributed by atoms with Gasteiger partial charge in [-0.3, -0.25) is 4.90 Å². The normalized spacial score (nSPS) is 13.4. The van der Waals surface area contributed by atoms with E-state index in [4.69, 9.17) is 14.2 Å². The highest BCUT2D eigenvalue weighted by Gasteiger charge is 2.17. The van der Waals surface area contributed by atoms with Crippen molar-refractivity contribution >= 4 is 0 Å². The van der Waals surface area contributed by atoms with Crippen molar-refractivity contribution < 1.29 is 14.2 Å². The average molecular weight is 276 g/mol. The Bertz CT molecular complexity index is 184. The Morgan fingerprint density at radius 3 is 1.89 bits per heavy atom. The number of hydrogen-bond acceptors (Lipinski definition) is 5. The zero-order chi connectivity index (χ0) is 14.5. The summed E-state index contributed by atoms with van der Waals surface area (Å²) in [6.07, 6.45) is 0. The lowest BCUT2D eigenvalue weighted by molar-refractivity contribution is 0.0487. The van der Waals surface area contributed by atoms with Gasteiger partial charge >= 0.3 is 0 Å². The summed E-state index contributed by atoms with van der Waals surface area (Å²) in [4.78, 5) is 2.36. The van der Waals surface area contributed by atoms with E-state index in [2.05, 4.69) is 24.1 Å². The SMILES string of the molecule is COCCN(CCOC)C(CNCC(C)C)COC. The molecule has 0 aromatic heterocycles. The summed E-state index contributed by atoms with van der Waals surface area (Å²) in [5, 5.41) is 3.50. The molecule has 0 aliphatic carbocycles. The molecule has 116 valence electrons. The van der Waals surface area contributed by atoms with Crippen LogP contribution in [-0.2, 0) is 14.2 Å². The number of nitrogens with one attached hydrogen (secondary N) is 1. The summed E-state index contributed by atoms with van der Waals surface area (Å²) in [7, 11) is 5.22. The minimum atomic E-state index is 0.356. The van der Waals surface area contributed by atoms with Crippen molar-refractivity contribution in [2.45, 2.75) is 19.9 Å². The van der Waals surface area contributed by atoms with Gasteiger partial charge in [0, 0.05) is 47.0 Å². The van der Waals surface area contributed by atoms with E-state index < -0.39 is 0 Å². The maximum absolute atomic E-state index is 5.34. The van der Waals surface area contributed by atoms with E-state index >= 15 is 0 Å². The molecule has 0 amide bonds. The lowest BCUT2D eigenvalue weighted by Gasteiger charge is -2.31. The third-order valence-electron chi connectivity index (χ3n) is 2.97. The molecule has 1 N–H and O–H groups in total. The van der Waals surface area contributed by atoms with Gasteiger partial charge in [-0.15, -0.1) is 0 Å². The van der Waals surface area contributed by atoms with Gasteiger partial charge in [-0.1, -0.05) is 13.8 Å². The van der Waals surface area contributed by atoms with E-state index in [1.54, 1.807) is 21.3 Å². The molecule has 0 aliphatic heterocycles. The predicted octanol–water partition coefficient (Wildman–Crippen LogP) is 0.842. The Balaban J connectivity index is 4.27. The third-order valence-corrected chi connectivity index (χ3v) is 2.97. The van der Waals surface area contributed by atoms with Gasteiger partial charge in [-0.05, 0) is 12.5 Å². The monoisotopic (exact) mass is 276 g/mol. The van der Waals surface area contributed by atoms with Gasteiger partial charge in [0.05, 0.1) is 19.8 Å². The first-order valence-electron chi connectivity index (χ1n) is 7.07. The second kappa shape index (κ2) is 12.8. The molecule has 0 radical (unpaired) electrons. The zero-order valence-corrected chi connectivity index (χ0v) is 13.3. The van der Waals surface area contributed by atoms with Crippen molar-refractivity contribution in [2.75, 3.05) is 67.3 Å². The summed E-state index contributed by atoms with van der Waals surface area (Å²) < 4.78 is 15.7. The van der Waals surface area contributed by atoms with Crippen LogP contribution in [-0.4, -0.2) is 78.3 Å². The molecule has 0 aliphatic rings. The van der Waals surface area contributed by atoms with E-state index in [0.29, 0.717) is 12.0 Å². The molecule has 1 unspecified atom stereocenters. The van der Waals surface area contributed by atoms with Crippen molar-refractivity contribution in [1.82, 2.24) is 10.2 Å². The second-order valence-corrected chi connectivity index (χ2v) is 5.18. The predicted molar refractivity (Wildman–Crippen MR) is 78.7 cm³/mol. The highest BCUT2D eigenvalue weighted by molar-refractivity contribution is 4.74. The van der Waals surface area contributed by atoms with E-state index in [-0.39, 0.29) is 0 Å². The number of rotatable bonds is 13. The lowest BCUT2D eigenvalue weighted by atomic mass is 10.2. The largest absolute Gasteiger partial charge is 0.383 e. The first-order valence-corrected chi connectivity index (χ1v) is 7.07. The van der Waals surface area contributed by atoms with Crippen molar-refractivity contribution in [1.29, 1.82) is 0 Å². The molecule has 5 heteroatoms. The molecular formula is C14H32N2O3. The Hall–Kier alpha value is -0.200. The molecule has 19 heavy (non-hydrogen) atoms. The van der Waals surface area contributed by atoms with Crippen LogP contribution in [0.4, 0.5) is 0 Å². The van der Waals surface area contributed by atoms with E-state index in [1.807, 2.05) is 0 Å². The van der Waals surface area contributed by atoms with Gasteiger partial charge in [0.15, 0.2) is 0 Å². The van der Waals surface area contributed by atoms with Gasteiger partial charge in [0.1, 0.15) is 0 Å². The van der Waals surface area contributed by atoms with Gasteiger partial charge in [-0.2, -0.15) is 0 Å². The van der Waals surface area contributed by atoms with Crippen LogP contribution in [0.5, 0.6) is 0 Å². The summed E-state index contributed by atoms with van der Waals surface area (Å²) in [6, 6.07) is 0.356. The molecule has 0 heterocycles. The Kier molecular flexibility index (Phi) is 12.7. The Labute approximate surface area is 118 Å². The Morgan fingerprint density at radius 1 is 0.895 bits per heavy atom. The summed E-state index contributed by atoms with van der Waals surface area (Å²) in [5.41, 5.74) is 0. The van der Waals surface area contributed by atoms with Crippen LogP contribution in [0.15, 0.2) is 0 Å². The van der Waals surface area contributed by atoms with Crippen LogP contribution >= 0.6 is 0 Å². The molecule has 0 aromatic rings. The van der Waals surface area contributed by atoms with E-state index in [0.717, 1.165) is 46.0 Å². The summed E-state index contributed by atoms with van der Waals surface area (Å²) >= 11 is 0. The fraction of sp³-hybridized carbons (Fsp3) is 1.00. The van der Waals surface area contributed by atoms with E-state index in [1.165, 1.54) is 0 Å². The standard InChI is InChI=1S/C14H32N2O3/c1-13(2)10-15-11-14(12-19-5)16(6-8-17-3)7-9-18-4/h13-15H,6-12H2,1-5H3. The second-order valence-electron chi connectivity index (χ2n) is 5.18. The summed E-state index contributed by atoms with van der Waals surface area (Å²) in [6.45, 7) is 10.4. The molecule has 0 bridgehead atoms. The fourth-order valence-electron chi connectivity index (χ4n) is 1.92. The third kappa shape index (κ3) is 10.3. The molecule has 0 saturated heterocycles. The van der Waals surface area contributed by atoms with Crippen LogP contribution in [0.2, 0.25) is 0 Å². The van der Waals surface area contributed by atoms with Crippen LogP contribution in [0.25, 0.3) is 0 Å². The lowest BCUT2D eigenvalue weighted by Crippen LogP contribution is -2.48.